The number of amides is 1. The molecule has 1 aliphatic heterocycles. The van der Waals surface area contributed by atoms with Gasteiger partial charge < -0.3 is 19.3 Å². The number of hydrogen-bond acceptors (Lipinski definition) is 8. The van der Waals surface area contributed by atoms with Crippen molar-refractivity contribution in [2.75, 3.05) is 37.7 Å². The first-order chi connectivity index (χ1) is 16.0. The summed E-state index contributed by atoms with van der Waals surface area (Å²) in [5, 5.41) is 15.1. The van der Waals surface area contributed by atoms with E-state index < -0.39 is 0 Å². The highest BCUT2D eigenvalue weighted by Gasteiger charge is 2.31. The number of H-pyrrole nitrogens is 1. The molecule has 174 valence electrons. The minimum absolute atomic E-state index is 0.0764. The van der Waals surface area contributed by atoms with Crippen LogP contribution in [0.2, 0.25) is 0 Å². The average molecular weight is 453 g/mol. The van der Waals surface area contributed by atoms with Crippen molar-refractivity contribution >= 4 is 11.7 Å². The van der Waals surface area contributed by atoms with E-state index in [9.17, 15) is 9.59 Å². The lowest BCUT2D eigenvalue weighted by Gasteiger charge is -2.35. The predicted octanol–water partition coefficient (Wildman–Crippen LogP) is 1.40. The summed E-state index contributed by atoms with van der Waals surface area (Å²) in [6.07, 6.45) is 5.84. The van der Waals surface area contributed by atoms with Crippen LogP contribution in [-0.4, -0.2) is 71.0 Å². The van der Waals surface area contributed by atoms with E-state index in [-0.39, 0.29) is 23.7 Å². The number of aromatic nitrogens is 3. The largest absolute Gasteiger partial charge is 0.486 e. The van der Waals surface area contributed by atoms with Crippen LogP contribution >= 0.6 is 0 Å². The Hall–Kier alpha value is -3.45. The van der Waals surface area contributed by atoms with E-state index in [0.29, 0.717) is 56.1 Å². The van der Waals surface area contributed by atoms with Gasteiger partial charge in [-0.3, -0.25) is 9.59 Å². The molecule has 2 aromatic heterocycles. The minimum atomic E-state index is -0.261. The van der Waals surface area contributed by atoms with Gasteiger partial charge in [-0.1, -0.05) is 0 Å². The van der Waals surface area contributed by atoms with Gasteiger partial charge in [-0.15, -0.1) is 0 Å². The minimum Gasteiger partial charge on any atom is -0.486 e. The summed E-state index contributed by atoms with van der Waals surface area (Å²) < 4.78 is 12.0. The number of anilines is 1. The Morgan fingerprint density at radius 1 is 1.21 bits per heavy atom. The lowest BCUT2D eigenvalue weighted by atomic mass is 10.2. The number of nitrogens with one attached hydrogen (secondary N) is 1. The second-order valence-electron chi connectivity index (χ2n) is 8.32. The summed E-state index contributed by atoms with van der Waals surface area (Å²) in [5.74, 6) is 1.38. The van der Waals surface area contributed by atoms with E-state index >= 15 is 0 Å². The number of piperazine rings is 1. The third kappa shape index (κ3) is 5.49. The molecule has 0 spiro atoms. The van der Waals surface area contributed by atoms with Gasteiger partial charge in [0.2, 0.25) is 5.91 Å². The molecule has 2 aliphatic rings. The number of aromatic amines is 1. The van der Waals surface area contributed by atoms with Crippen molar-refractivity contribution in [3.8, 4) is 11.8 Å². The number of carbonyl (C=O) groups excluding carboxylic acids is 1. The van der Waals surface area contributed by atoms with Crippen molar-refractivity contribution in [2.24, 2.45) is 0 Å². The number of hydrogen-bond donors (Lipinski definition) is 1. The van der Waals surface area contributed by atoms with Crippen molar-refractivity contribution in [1.29, 1.82) is 5.26 Å². The average Bonchev–Trinajstić information content (AvgIpc) is 3.29. The van der Waals surface area contributed by atoms with Crippen LogP contribution in [0.25, 0.3) is 0 Å². The van der Waals surface area contributed by atoms with Gasteiger partial charge in [0.25, 0.3) is 5.56 Å². The molecule has 0 aromatic carbocycles. The number of ether oxygens (including phenoxy) is 2. The maximum Gasteiger partial charge on any atom is 0.270 e. The van der Waals surface area contributed by atoms with Gasteiger partial charge in [-0.05, 0) is 38.3 Å². The molecule has 10 heteroatoms. The van der Waals surface area contributed by atoms with Gasteiger partial charge in [0.05, 0.1) is 36.5 Å². The fourth-order valence-corrected chi connectivity index (χ4v) is 4.22. The van der Waals surface area contributed by atoms with E-state index in [4.69, 9.17) is 14.7 Å². The first-order valence-electron chi connectivity index (χ1n) is 11.3. The Morgan fingerprint density at radius 3 is 2.73 bits per heavy atom. The Morgan fingerprint density at radius 2 is 2.00 bits per heavy atom. The van der Waals surface area contributed by atoms with E-state index in [0.717, 1.165) is 25.1 Å². The van der Waals surface area contributed by atoms with Gasteiger partial charge in [-0.25, -0.2) is 10.1 Å². The molecule has 4 rings (SSSR count). The number of carbonyl (C=O) groups is 1. The van der Waals surface area contributed by atoms with Gasteiger partial charge in [0.1, 0.15) is 23.7 Å². The van der Waals surface area contributed by atoms with Crippen LogP contribution in [0.5, 0.6) is 5.75 Å². The fraction of sp³-hybridized carbons (Fsp3) is 0.522. The Kier molecular flexibility index (Phi) is 7.19. The number of rotatable bonds is 7. The summed E-state index contributed by atoms with van der Waals surface area (Å²) in [6, 6.07) is 5.66. The summed E-state index contributed by atoms with van der Waals surface area (Å²) in [5.41, 5.74) is 0.775. The van der Waals surface area contributed by atoms with E-state index in [1.165, 1.54) is 6.20 Å². The van der Waals surface area contributed by atoms with Crippen LogP contribution in [0.1, 0.15) is 36.8 Å². The summed E-state index contributed by atoms with van der Waals surface area (Å²) in [7, 11) is 0. The van der Waals surface area contributed by atoms with Gasteiger partial charge in [0.15, 0.2) is 0 Å². The normalized spacial score (nSPS) is 20.5. The Labute approximate surface area is 192 Å². The highest BCUT2D eigenvalue weighted by atomic mass is 16.5. The zero-order valence-corrected chi connectivity index (χ0v) is 18.7. The van der Waals surface area contributed by atoms with Crippen molar-refractivity contribution in [3.05, 3.63) is 46.0 Å². The molecule has 10 nitrogen and oxygen atoms in total. The lowest BCUT2D eigenvalue weighted by molar-refractivity contribution is -0.133. The summed E-state index contributed by atoms with van der Waals surface area (Å²) in [6.45, 7) is 4.71. The van der Waals surface area contributed by atoms with Crippen LogP contribution in [0, 0.1) is 18.3 Å². The van der Waals surface area contributed by atoms with Crippen LogP contribution in [0.4, 0.5) is 5.82 Å². The Balaban J connectivity index is 1.21. The molecule has 0 bridgehead atoms. The van der Waals surface area contributed by atoms with Crippen LogP contribution < -0.4 is 15.2 Å². The molecule has 1 saturated heterocycles. The predicted molar refractivity (Wildman–Crippen MR) is 120 cm³/mol. The molecule has 33 heavy (non-hydrogen) atoms. The SMILES string of the molecule is Cc1c(O[C@H]2CCC[C@@H]2OCCC(=O)N2CCN(c3ccc(C#N)cn3)CC2)cn[nH]c1=O. The standard InChI is InChI=1S/C23H28N6O4/c1-16-20(15-26-27-23(16)31)33-19-4-2-3-18(19)32-12-7-22(30)29-10-8-28(9-11-29)21-6-5-17(13-24)14-25-21/h5-6,14-15,18-19H,2-4,7-12H2,1H3,(H,27,31)/t18-,19-/m0/s1. The second-order valence-corrected chi connectivity index (χ2v) is 8.32. The summed E-state index contributed by atoms with van der Waals surface area (Å²) >= 11 is 0. The molecule has 0 radical (unpaired) electrons. The molecular weight excluding hydrogens is 424 g/mol. The van der Waals surface area contributed by atoms with Crippen molar-refractivity contribution in [2.45, 2.75) is 44.8 Å². The smallest absolute Gasteiger partial charge is 0.270 e. The first-order valence-corrected chi connectivity index (χ1v) is 11.3. The zero-order chi connectivity index (χ0) is 23.2. The lowest BCUT2D eigenvalue weighted by Crippen LogP contribution is -2.49. The number of nitriles is 1. The molecule has 1 aliphatic carbocycles. The third-order valence-electron chi connectivity index (χ3n) is 6.21. The zero-order valence-electron chi connectivity index (χ0n) is 18.7. The second kappa shape index (κ2) is 10.4. The molecule has 1 saturated carbocycles. The summed E-state index contributed by atoms with van der Waals surface area (Å²) in [4.78, 5) is 32.7. The fourth-order valence-electron chi connectivity index (χ4n) is 4.22. The van der Waals surface area contributed by atoms with Crippen molar-refractivity contribution < 1.29 is 14.3 Å². The maximum atomic E-state index is 12.7. The molecule has 2 aromatic rings. The molecule has 1 amide bonds. The van der Waals surface area contributed by atoms with Gasteiger partial charge in [-0.2, -0.15) is 10.4 Å². The van der Waals surface area contributed by atoms with Crippen molar-refractivity contribution in [3.63, 3.8) is 0 Å². The molecule has 3 heterocycles. The van der Waals surface area contributed by atoms with E-state index in [2.05, 4.69) is 26.2 Å². The molecular formula is C23H28N6O4. The molecule has 0 unspecified atom stereocenters. The molecule has 1 N–H and O–H groups in total. The van der Waals surface area contributed by atoms with E-state index in [1.807, 2.05) is 11.0 Å². The highest BCUT2D eigenvalue weighted by molar-refractivity contribution is 5.76. The van der Waals surface area contributed by atoms with Crippen LogP contribution in [-0.2, 0) is 9.53 Å². The van der Waals surface area contributed by atoms with Crippen molar-refractivity contribution in [1.82, 2.24) is 20.1 Å². The Bertz CT molecular complexity index is 1060. The van der Waals surface area contributed by atoms with Crippen LogP contribution in [0.3, 0.4) is 0 Å². The first kappa shape index (κ1) is 22.7. The van der Waals surface area contributed by atoms with Gasteiger partial charge in [0, 0.05) is 32.4 Å². The quantitative estimate of drug-likeness (QED) is 0.668. The maximum absolute atomic E-state index is 12.7. The van der Waals surface area contributed by atoms with Gasteiger partial charge >= 0.3 is 0 Å². The molecule has 2 atom stereocenters. The molecule has 2 fully saturated rings. The number of nitrogens with zero attached hydrogens (tertiary/aromatic N) is 5. The topological polar surface area (TPSA) is 124 Å². The third-order valence-corrected chi connectivity index (χ3v) is 6.21. The number of pyridine rings is 1. The monoisotopic (exact) mass is 452 g/mol. The van der Waals surface area contributed by atoms with E-state index in [1.54, 1.807) is 19.2 Å². The van der Waals surface area contributed by atoms with Crippen LogP contribution in [0.15, 0.2) is 29.3 Å². The highest BCUT2D eigenvalue weighted by Crippen LogP contribution is 2.27.